The molecular formula is C10H20BNO4. The lowest BCUT2D eigenvalue weighted by atomic mass is 9.79. The zero-order chi connectivity index (χ0) is 12.3. The molecular weight excluding hydrogens is 209 g/mol. The third kappa shape index (κ3) is 4.41. The molecule has 0 bridgehead atoms. The van der Waals surface area contributed by atoms with E-state index < -0.39 is 12.7 Å². The average Bonchev–Trinajstić information content (AvgIpc) is 1.96. The van der Waals surface area contributed by atoms with Gasteiger partial charge in [-0.3, -0.25) is 0 Å². The molecule has 0 saturated carbocycles. The average molecular weight is 229 g/mol. The molecule has 2 N–H and O–H groups in total. The molecule has 1 aliphatic heterocycles. The molecule has 1 amide bonds. The van der Waals surface area contributed by atoms with Gasteiger partial charge >= 0.3 is 13.2 Å². The van der Waals surface area contributed by atoms with E-state index in [0.717, 1.165) is 6.42 Å². The molecule has 0 aliphatic carbocycles. The van der Waals surface area contributed by atoms with Gasteiger partial charge in [0.2, 0.25) is 0 Å². The number of carbonyl (C=O) groups excluding carboxylic acids is 1. The largest absolute Gasteiger partial charge is 0.451 e. The van der Waals surface area contributed by atoms with Crippen molar-refractivity contribution in [2.45, 2.75) is 39.1 Å². The minimum atomic E-state index is -1.24. The fourth-order valence-corrected chi connectivity index (χ4v) is 1.61. The molecule has 0 spiro atoms. The van der Waals surface area contributed by atoms with Crippen molar-refractivity contribution in [2.75, 3.05) is 13.1 Å². The molecule has 5 nitrogen and oxygen atoms in total. The lowest BCUT2D eigenvalue weighted by Crippen LogP contribution is -2.51. The van der Waals surface area contributed by atoms with E-state index in [4.69, 9.17) is 14.8 Å². The highest BCUT2D eigenvalue weighted by Crippen LogP contribution is 2.23. The van der Waals surface area contributed by atoms with Gasteiger partial charge in [-0.15, -0.1) is 0 Å². The quantitative estimate of drug-likeness (QED) is 0.699. The first kappa shape index (κ1) is 13.3. The number of carbonyl (C=O) groups is 1. The van der Waals surface area contributed by atoms with E-state index in [1.165, 1.54) is 0 Å². The SMILES string of the molecule is CC(C)(C)OC(=O)N1CC(CCB(O)O)C1. The first-order valence-electron chi connectivity index (χ1n) is 5.62. The van der Waals surface area contributed by atoms with Gasteiger partial charge in [0.15, 0.2) is 0 Å². The smallest absolute Gasteiger partial charge is 0.444 e. The monoisotopic (exact) mass is 229 g/mol. The normalized spacial score (nSPS) is 16.9. The van der Waals surface area contributed by atoms with Crippen molar-refractivity contribution >= 4 is 13.2 Å². The standard InChI is InChI=1S/C10H20BNO4/c1-10(2,3)16-9(13)12-6-8(7-12)4-5-11(14)15/h8,14-15H,4-7H2,1-3H3. The molecule has 92 valence electrons. The molecule has 1 heterocycles. The Balaban J connectivity index is 2.18. The van der Waals surface area contributed by atoms with E-state index >= 15 is 0 Å². The summed E-state index contributed by atoms with van der Waals surface area (Å²) < 4.78 is 5.20. The molecule has 0 aromatic heterocycles. The van der Waals surface area contributed by atoms with E-state index in [-0.39, 0.29) is 6.09 Å². The van der Waals surface area contributed by atoms with Gasteiger partial charge in [-0.1, -0.05) is 0 Å². The van der Waals surface area contributed by atoms with Crippen LogP contribution in [0.25, 0.3) is 0 Å². The van der Waals surface area contributed by atoms with Crippen molar-refractivity contribution in [3.63, 3.8) is 0 Å². The van der Waals surface area contributed by atoms with E-state index in [2.05, 4.69) is 0 Å². The van der Waals surface area contributed by atoms with Crippen LogP contribution in [0, 0.1) is 5.92 Å². The van der Waals surface area contributed by atoms with Crippen LogP contribution in [0.2, 0.25) is 6.32 Å². The summed E-state index contributed by atoms with van der Waals surface area (Å²) in [5, 5.41) is 17.4. The number of amides is 1. The Hall–Kier alpha value is -0.745. The number of rotatable bonds is 3. The Morgan fingerprint density at radius 1 is 1.44 bits per heavy atom. The van der Waals surface area contributed by atoms with Crippen molar-refractivity contribution in [1.82, 2.24) is 4.90 Å². The van der Waals surface area contributed by atoms with Gasteiger partial charge in [-0.2, -0.15) is 0 Å². The fraction of sp³-hybridized carbons (Fsp3) is 0.900. The Bertz CT molecular complexity index is 246. The third-order valence-electron chi connectivity index (χ3n) is 2.44. The summed E-state index contributed by atoms with van der Waals surface area (Å²) in [4.78, 5) is 13.2. The highest BCUT2D eigenvalue weighted by molar-refractivity contribution is 6.40. The predicted octanol–water partition coefficient (Wildman–Crippen LogP) is 0.716. The first-order chi connectivity index (χ1) is 7.28. The minimum absolute atomic E-state index is 0.284. The second-order valence-corrected chi connectivity index (χ2v) is 5.31. The molecule has 1 saturated heterocycles. The summed E-state index contributed by atoms with van der Waals surface area (Å²) in [5.41, 5.74) is -0.455. The summed E-state index contributed by atoms with van der Waals surface area (Å²) in [6.07, 6.45) is 0.817. The fourth-order valence-electron chi connectivity index (χ4n) is 1.61. The summed E-state index contributed by atoms with van der Waals surface area (Å²) in [5.74, 6) is 0.370. The molecule has 0 radical (unpaired) electrons. The molecule has 0 unspecified atom stereocenters. The number of nitrogens with zero attached hydrogens (tertiary/aromatic N) is 1. The lowest BCUT2D eigenvalue weighted by Gasteiger charge is -2.39. The van der Waals surface area contributed by atoms with Crippen LogP contribution in [0.15, 0.2) is 0 Å². The Kier molecular flexibility index (Phi) is 4.21. The molecule has 1 aliphatic rings. The zero-order valence-corrected chi connectivity index (χ0v) is 10.1. The zero-order valence-electron chi connectivity index (χ0n) is 10.1. The number of hydrogen-bond donors (Lipinski definition) is 2. The topological polar surface area (TPSA) is 70.0 Å². The second kappa shape index (κ2) is 5.06. The maximum Gasteiger partial charge on any atom is 0.451 e. The van der Waals surface area contributed by atoms with Crippen molar-refractivity contribution in [3.05, 3.63) is 0 Å². The molecule has 6 heteroatoms. The molecule has 0 aromatic carbocycles. The molecule has 0 atom stereocenters. The van der Waals surface area contributed by atoms with Crippen molar-refractivity contribution in [1.29, 1.82) is 0 Å². The predicted molar refractivity (Wildman–Crippen MR) is 60.9 cm³/mol. The van der Waals surface area contributed by atoms with Gasteiger partial charge in [0.25, 0.3) is 0 Å². The van der Waals surface area contributed by atoms with Crippen LogP contribution in [-0.4, -0.2) is 46.9 Å². The van der Waals surface area contributed by atoms with Crippen molar-refractivity contribution < 1.29 is 19.6 Å². The minimum Gasteiger partial charge on any atom is -0.444 e. The molecule has 16 heavy (non-hydrogen) atoms. The summed E-state index contributed by atoms with van der Waals surface area (Å²) in [7, 11) is -1.24. The summed E-state index contributed by atoms with van der Waals surface area (Å²) >= 11 is 0. The van der Waals surface area contributed by atoms with Gasteiger partial charge in [-0.25, -0.2) is 4.79 Å². The highest BCUT2D eigenvalue weighted by atomic mass is 16.6. The van der Waals surface area contributed by atoms with Crippen LogP contribution in [0.3, 0.4) is 0 Å². The number of ether oxygens (including phenoxy) is 1. The van der Waals surface area contributed by atoms with Crippen LogP contribution >= 0.6 is 0 Å². The lowest BCUT2D eigenvalue weighted by molar-refractivity contribution is -0.00154. The van der Waals surface area contributed by atoms with Crippen LogP contribution in [0.5, 0.6) is 0 Å². The maximum atomic E-state index is 11.5. The van der Waals surface area contributed by atoms with Gasteiger partial charge in [0.1, 0.15) is 5.60 Å². The van der Waals surface area contributed by atoms with Gasteiger partial charge in [0.05, 0.1) is 0 Å². The van der Waals surface area contributed by atoms with Gasteiger partial charge in [0, 0.05) is 13.1 Å². The van der Waals surface area contributed by atoms with E-state index in [1.54, 1.807) is 4.90 Å². The highest BCUT2D eigenvalue weighted by Gasteiger charge is 2.33. The van der Waals surface area contributed by atoms with Crippen LogP contribution in [0.4, 0.5) is 4.79 Å². The molecule has 1 fully saturated rings. The molecule has 1 rings (SSSR count). The second-order valence-electron chi connectivity index (χ2n) is 5.31. The number of hydrogen-bond acceptors (Lipinski definition) is 4. The Morgan fingerprint density at radius 3 is 2.44 bits per heavy atom. The number of likely N-dealkylation sites (tertiary alicyclic amines) is 1. The van der Waals surface area contributed by atoms with Crippen LogP contribution in [-0.2, 0) is 4.74 Å². The van der Waals surface area contributed by atoms with Crippen LogP contribution in [0.1, 0.15) is 27.2 Å². The van der Waals surface area contributed by atoms with E-state index in [0.29, 0.717) is 25.3 Å². The van der Waals surface area contributed by atoms with Crippen LogP contribution < -0.4 is 0 Å². The van der Waals surface area contributed by atoms with E-state index in [9.17, 15) is 4.79 Å². The van der Waals surface area contributed by atoms with Crippen molar-refractivity contribution in [3.8, 4) is 0 Å². The van der Waals surface area contributed by atoms with Gasteiger partial charge < -0.3 is 19.7 Å². The third-order valence-corrected chi connectivity index (χ3v) is 2.44. The molecule has 0 aromatic rings. The maximum absolute atomic E-state index is 11.5. The Labute approximate surface area is 96.5 Å². The first-order valence-corrected chi connectivity index (χ1v) is 5.62. The Morgan fingerprint density at radius 2 is 2.00 bits per heavy atom. The summed E-state index contributed by atoms with van der Waals surface area (Å²) in [6.45, 7) is 6.82. The summed E-state index contributed by atoms with van der Waals surface area (Å²) in [6, 6.07) is 0. The van der Waals surface area contributed by atoms with E-state index in [1.807, 2.05) is 20.8 Å². The van der Waals surface area contributed by atoms with Gasteiger partial charge in [-0.05, 0) is 39.4 Å². The van der Waals surface area contributed by atoms with Crippen molar-refractivity contribution in [2.24, 2.45) is 5.92 Å².